The van der Waals surface area contributed by atoms with Crippen LogP contribution in [0.2, 0.25) is 0 Å². The van der Waals surface area contributed by atoms with Crippen molar-refractivity contribution in [2.45, 2.75) is 71.2 Å². The molecule has 0 bridgehead atoms. The molecule has 194 valence electrons. The van der Waals surface area contributed by atoms with Crippen molar-refractivity contribution in [2.75, 3.05) is 13.2 Å². The van der Waals surface area contributed by atoms with E-state index in [4.69, 9.17) is 4.74 Å². The summed E-state index contributed by atoms with van der Waals surface area (Å²) in [6.07, 6.45) is 4.90. The highest BCUT2D eigenvalue weighted by Gasteiger charge is 2.27. The molecule has 37 heavy (non-hydrogen) atoms. The number of tetrazole rings is 1. The van der Waals surface area contributed by atoms with E-state index in [-0.39, 0.29) is 17.7 Å². The Labute approximate surface area is 217 Å². The van der Waals surface area contributed by atoms with Gasteiger partial charge in [-0.25, -0.2) is 4.68 Å². The summed E-state index contributed by atoms with van der Waals surface area (Å²) in [5.74, 6) is 0.830. The number of ether oxygens (including phenoxy) is 1. The Morgan fingerprint density at radius 3 is 2.76 bits per heavy atom. The van der Waals surface area contributed by atoms with Gasteiger partial charge in [-0.2, -0.15) is 0 Å². The topological polar surface area (TPSA) is 88.9 Å². The number of nitrogens with one attached hydrogen (secondary N) is 1. The van der Waals surface area contributed by atoms with Crippen molar-refractivity contribution in [2.24, 2.45) is 0 Å². The first-order valence-electron chi connectivity index (χ1n) is 13.4. The fourth-order valence-electron chi connectivity index (χ4n) is 5.29. The molecule has 8 heteroatoms. The smallest absolute Gasteiger partial charge is 0.252 e. The summed E-state index contributed by atoms with van der Waals surface area (Å²) in [6.45, 7) is 7.05. The van der Waals surface area contributed by atoms with E-state index >= 15 is 0 Å². The highest BCUT2D eigenvalue weighted by molar-refractivity contribution is 5.79. The molecule has 0 amide bonds. The molecule has 0 spiro atoms. The van der Waals surface area contributed by atoms with Crippen LogP contribution < -0.4 is 5.56 Å². The summed E-state index contributed by atoms with van der Waals surface area (Å²) < 4.78 is 7.76. The van der Waals surface area contributed by atoms with E-state index in [2.05, 4.69) is 75.7 Å². The third-order valence-corrected chi connectivity index (χ3v) is 7.38. The Bertz CT molecular complexity index is 1360. The van der Waals surface area contributed by atoms with E-state index < -0.39 is 0 Å². The van der Waals surface area contributed by atoms with Gasteiger partial charge in [0.25, 0.3) is 5.56 Å². The van der Waals surface area contributed by atoms with Crippen molar-refractivity contribution in [1.29, 1.82) is 0 Å². The molecule has 2 aromatic carbocycles. The Kier molecular flexibility index (Phi) is 8.06. The second-order valence-corrected chi connectivity index (χ2v) is 9.88. The molecule has 1 aliphatic rings. The Balaban J connectivity index is 1.46. The molecular formula is C29H36N6O2. The lowest BCUT2D eigenvalue weighted by atomic mass is 10.1. The number of hydrogen-bond donors (Lipinski definition) is 1. The van der Waals surface area contributed by atoms with Crippen LogP contribution in [0.15, 0.2) is 59.4 Å². The van der Waals surface area contributed by atoms with Crippen LogP contribution in [0.5, 0.6) is 0 Å². The van der Waals surface area contributed by atoms with Gasteiger partial charge in [-0.15, -0.1) is 5.10 Å². The molecule has 0 saturated carbocycles. The molecule has 1 N–H and O–H groups in total. The number of benzene rings is 2. The summed E-state index contributed by atoms with van der Waals surface area (Å²) in [5.41, 5.74) is 4.10. The minimum atomic E-state index is -0.0461. The van der Waals surface area contributed by atoms with Crippen LogP contribution in [0.3, 0.4) is 0 Å². The maximum Gasteiger partial charge on any atom is 0.252 e. The van der Waals surface area contributed by atoms with Crippen LogP contribution in [-0.2, 0) is 30.7 Å². The molecule has 1 aliphatic heterocycles. The average Bonchev–Trinajstić information content (AvgIpc) is 3.61. The molecule has 3 heterocycles. The molecule has 2 atom stereocenters. The third kappa shape index (κ3) is 5.97. The number of fused-ring (bicyclic) bond motifs is 1. The lowest BCUT2D eigenvalue weighted by molar-refractivity contribution is 0.0893. The minimum Gasteiger partial charge on any atom is -0.376 e. The van der Waals surface area contributed by atoms with Crippen molar-refractivity contribution in [3.63, 3.8) is 0 Å². The van der Waals surface area contributed by atoms with Gasteiger partial charge < -0.3 is 9.72 Å². The summed E-state index contributed by atoms with van der Waals surface area (Å²) in [4.78, 5) is 18.6. The van der Waals surface area contributed by atoms with Crippen molar-refractivity contribution in [1.82, 2.24) is 30.1 Å². The summed E-state index contributed by atoms with van der Waals surface area (Å²) in [7, 11) is 0. The van der Waals surface area contributed by atoms with Gasteiger partial charge in [-0.3, -0.25) is 9.69 Å². The second-order valence-electron chi connectivity index (χ2n) is 9.88. The van der Waals surface area contributed by atoms with Gasteiger partial charge in [-0.05, 0) is 77.2 Å². The maximum absolute atomic E-state index is 13.1. The van der Waals surface area contributed by atoms with Crippen LogP contribution in [0.25, 0.3) is 10.9 Å². The fourth-order valence-corrected chi connectivity index (χ4v) is 5.29. The van der Waals surface area contributed by atoms with Crippen LogP contribution in [0.4, 0.5) is 0 Å². The third-order valence-electron chi connectivity index (χ3n) is 7.38. The van der Waals surface area contributed by atoms with E-state index in [1.807, 2.05) is 22.9 Å². The number of pyridine rings is 1. The molecule has 4 aromatic rings. The molecular weight excluding hydrogens is 464 g/mol. The van der Waals surface area contributed by atoms with Gasteiger partial charge in [-0.1, -0.05) is 50.2 Å². The largest absolute Gasteiger partial charge is 0.376 e. The number of rotatable bonds is 11. The minimum absolute atomic E-state index is 0.0304. The summed E-state index contributed by atoms with van der Waals surface area (Å²) in [6, 6.07) is 18.7. The summed E-state index contributed by atoms with van der Waals surface area (Å²) >= 11 is 0. The molecule has 2 aromatic heterocycles. The number of aromatic amines is 1. The number of aromatic nitrogens is 5. The van der Waals surface area contributed by atoms with Crippen molar-refractivity contribution >= 4 is 10.9 Å². The highest BCUT2D eigenvalue weighted by atomic mass is 16.5. The van der Waals surface area contributed by atoms with Crippen LogP contribution in [0, 0.1) is 0 Å². The number of H-pyrrole nitrogens is 1. The molecule has 8 nitrogen and oxygen atoms in total. The van der Waals surface area contributed by atoms with E-state index in [0.29, 0.717) is 13.1 Å². The Morgan fingerprint density at radius 1 is 1.14 bits per heavy atom. The zero-order valence-electron chi connectivity index (χ0n) is 21.8. The predicted molar refractivity (Wildman–Crippen MR) is 144 cm³/mol. The monoisotopic (exact) mass is 500 g/mol. The predicted octanol–water partition coefficient (Wildman–Crippen LogP) is 4.45. The Morgan fingerprint density at radius 2 is 2.00 bits per heavy atom. The SMILES string of the molecule is CCc1ccc2[nH]c(=O)c(CN(CCc3ccccc3)[C@@H](CC)c3nnnn3C[C@H]3CCCO3)cc2c1. The zero-order valence-corrected chi connectivity index (χ0v) is 21.8. The highest BCUT2D eigenvalue weighted by Crippen LogP contribution is 2.26. The van der Waals surface area contributed by atoms with E-state index in [9.17, 15) is 4.79 Å². The lowest BCUT2D eigenvalue weighted by Crippen LogP contribution is -2.34. The van der Waals surface area contributed by atoms with Crippen molar-refractivity contribution < 1.29 is 4.74 Å². The van der Waals surface area contributed by atoms with Crippen LogP contribution >= 0.6 is 0 Å². The molecule has 1 saturated heterocycles. The van der Waals surface area contributed by atoms with Gasteiger partial charge >= 0.3 is 0 Å². The first kappa shape index (κ1) is 25.3. The first-order valence-corrected chi connectivity index (χ1v) is 13.4. The van der Waals surface area contributed by atoms with E-state index in [1.54, 1.807) is 0 Å². The lowest BCUT2D eigenvalue weighted by Gasteiger charge is -2.30. The second kappa shape index (κ2) is 11.8. The van der Waals surface area contributed by atoms with Crippen LogP contribution in [0.1, 0.15) is 61.7 Å². The standard InChI is InChI=1S/C29H36N6O2/c1-3-21-12-13-26-23(17-21)18-24(29(36)30-26)19-34(15-14-22-9-6-5-7-10-22)27(4-2)28-31-32-33-35(28)20-25-11-8-16-37-25/h5-7,9-10,12-13,17-18,25,27H,3-4,8,11,14-16,19-20H2,1-2H3,(H,30,36)/t25-,27+/m1/s1. The van der Waals surface area contributed by atoms with Crippen LogP contribution in [-0.4, -0.2) is 49.3 Å². The van der Waals surface area contributed by atoms with Crippen molar-refractivity contribution in [3.05, 3.63) is 87.5 Å². The molecule has 5 rings (SSSR count). The van der Waals surface area contributed by atoms with E-state index in [1.165, 1.54) is 11.1 Å². The van der Waals surface area contributed by atoms with Gasteiger partial charge in [0, 0.05) is 30.8 Å². The maximum atomic E-state index is 13.1. The van der Waals surface area contributed by atoms with E-state index in [0.717, 1.165) is 67.5 Å². The summed E-state index contributed by atoms with van der Waals surface area (Å²) in [5, 5.41) is 13.9. The molecule has 0 radical (unpaired) electrons. The van der Waals surface area contributed by atoms with Gasteiger partial charge in [0.05, 0.1) is 18.7 Å². The van der Waals surface area contributed by atoms with Crippen molar-refractivity contribution in [3.8, 4) is 0 Å². The van der Waals surface area contributed by atoms with Gasteiger partial charge in [0.15, 0.2) is 5.82 Å². The quantitative estimate of drug-likeness (QED) is 0.327. The number of aryl methyl sites for hydroxylation is 1. The Hall–Kier alpha value is -3.36. The average molecular weight is 501 g/mol. The van der Waals surface area contributed by atoms with Gasteiger partial charge in [0.2, 0.25) is 0 Å². The zero-order chi connectivity index (χ0) is 25.6. The number of hydrogen-bond acceptors (Lipinski definition) is 6. The molecule has 1 fully saturated rings. The first-order chi connectivity index (χ1) is 18.1. The normalized spacial score (nSPS) is 16.6. The van der Waals surface area contributed by atoms with Gasteiger partial charge in [0.1, 0.15) is 0 Å². The fraction of sp³-hybridized carbons (Fsp3) is 0.448. The number of nitrogens with zero attached hydrogens (tertiary/aromatic N) is 5. The molecule has 0 aliphatic carbocycles. The molecule has 0 unspecified atom stereocenters.